The number of nitrogens with zero attached hydrogens (tertiary/aromatic N) is 4. The van der Waals surface area contributed by atoms with Crippen molar-refractivity contribution < 1.29 is 9.32 Å². The van der Waals surface area contributed by atoms with E-state index in [-0.39, 0.29) is 11.2 Å². The van der Waals surface area contributed by atoms with Gasteiger partial charge in [-0.1, -0.05) is 23.0 Å². The van der Waals surface area contributed by atoms with Crippen LogP contribution in [-0.2, 0) is 4.79 Å². The molecule has 7 nitrogen and oxygen atoms in total. The highest BCUT2D eigenvalue weighted by Gasteiger charge is 2.18. The maximum absolute atomic E-state index is 12.1. The van der Waals surface area contributed by atoms with Crippen molar-refractivity contribution >= 4 is 29.1 Å². The molecule has 3 aromatic rings. The second-order valence-corrected chi connectivity index (χ2v) is 5.79. The highest BCUT2D eigenvalue weighted by molar-refractivity contribution is 8.00. The third-order valence-electron chi connectivity index (χ3n) is 2.81. The van der Waals surface area contributed by atoms with E-state index in [9.17, 15) is 4.79 Å². The molecule has 0 spiro atoms. The summed E-state index contributed by atoms with van der Waals surface area (Å²) in [7, 11) is 0. The van der Waals surface area contributed by atoms with Crippen LogP contribution >= 0.6 is 11.8 Å². The van der Waals surface area contributed by atoms with Crippen molar-refractivity contribution in [1.29, 1.82) is 0 Å². The second-order valence-electron chi connectivity index (χ2n) is 4.48. The summed E-state index contributed by atoms with van der Waals surface area (Å²) in [5.74, 6) is 0.895. The molecule has 0 aromatic carbocycles. The van der Waals surface area contributed by atoms with Gasteiger partial charge in [-0.2, -0.15) is 0 Å². The lowest BCUT2D eigenvalue weighted by molar-refractivity contribution is -0.115. The van der Waals surface area contributed by atoms with Crippen LogP contribution in [0.25, 0.3) is 5.65 Å². The molecule has 3 heterocycles. The number of carbonyl (C=O) groups is 1. The molecule has 3 rings (SSSR count). The summed E-state index contributed by atoms with van der Waals surface area (Å²) in [6.07, 6.45) is 1.86. The first-order valence-electron chi connectivity index (χ1n) is 6.34. The molecule has 1 atom stereocenters. The second kappa shape index (κ2) is 5.57. The topological polar surface area (TPSA) is 85.3 Å². The molecule has 0 bridgehead atoms. The Kier molecular flexibility index (Phi) is 3.61. The Morgan fingerprint density at radius 2 is 2.29 bits per heavy atom. The van der Waals surface area contributed by atoms with Gasteiger partial charge in [0.2, 0.25) is 5.91 Å². The minimum atomic E-state index is -0.338. The molecule has 0 saturated carbocycles. The zero-order chi connectivity index (χ0) is 14.8. The van der Waals surface area contributed by atoms with E-state index in [4.69, 9.17) is 4.52 Å². The first-order valence-corrected chi connectivity index (χ1v) is 7.22. The Morgan fingerprint density at radius 1 is 1.43 bits per heavy atom. The average molecular weight is 303 g/mol. The van der Waals surface area contributed by atoms with Crippen LogP contribution in [0, 0.1) is 6.92 Å². The SMILES string of the molecule is Cc1cc(NC(=O)C(C)Sc2nnc3ccccn23)no1. The van der Waals surface area contributed by atoms with Crippen molar-refractivity contribution in [3.8, 4) is 0 Å². The minimum absolute atomic E-state index is 0.166. The molecule has 1 amide bonds. The van der Waals surface area contributed by atoms with Gasteiger partial charge in [0.05, 0.1) is 5.25 Å². The summed E-state index contributed by atoms with van der Waals surface area (Å²) in [5, 5.41) is 14.9. The predicted molar refractivity (Wildman–Crippen MR) is 78.2 cm³/mol. The van der Waals surface area contributed by atoms with E-state index in [2.05, 4.69) is 20.7 Å². The van der Waals surface area contributed by atoms with Crippen molar-refractivity contribution in [2.24, 2.45) is 0 Å². The van der Waals surface area contributed by atoms with E-state index in [0.29, 0.717) is 16.7 Å². The molecular formula is C13H13N5O2S. The van der Waals surface area contributed by atoms with E-state index in [1.54, 1.807) is 19.9 Å². The van der Waals surface area contributed by atoms with E-state index < -0.39 is 0 Å². The van der Waals surface area contributed by atoms with Gasteiger partial charge in [-0.3, -0.25) is 9.20 Å². The molecule has 0 aliphatic heterocycles. The number of hydrogen-bond acceptors (Lipinski definition) is 6. The van der Waals surface area contributed by atoms with Crippen LogP contribution in [0.1, 0.15) is 12.7 Å². The number of rotatable bonds is 4. The maximum atomic E-state index is 12.1. The predicted octanol–water partition coefficient (Wildman–Crippen LogP) is 2.15. The average Bonchev–Trinajstić information content (AvgIpc) is 3.06. The zero-order valence-corrected chi connectivity index (χ0v) is 12.3. The molecular weight excluding hydrogens is 290 g/mol. The molecule has 1 N–H and O–H groups in total. The van der Waals surface area contributed by atoms with Crippen LogP contribution in [0.3, 0.4) is 0 Å². The number of hydrogen-bond donors (Lipinski definition) is 1. The molecule has 0 aliphatic carbocycles. The Balaban J connectivity index is 1.70. The van der Waals surface area contributed by atoms with Gasteiger partial charge in [0, 0.05) is 12.3 Å². The van der Waals surface area contributed by atoms with Gasteiger partial charge in [0.15, 0.2) is 16.6 Å². The van der Waals surface area contributed by atoms with Crippen LogP contribution < -0.4 is 5.32 Å². The number of aryl methyl sites for hydroxylation is 1. The van der Waals surface area contributed by atoms with Crippen molar-refractivity contribution in [1.82, 2.24) is 19.8 Å². The van der Waals surface area contributed by atoms with Gasteiger partial charge < -0.3 is 9.84 Å². The molecule has 108 valence electrons. The van der Waals surface area contributed by atoms with Crippen molar-refractivity contribution in [2.75, 3.05) is 5.32 Å². The van der Waals surface area contributed by atoms with Gasteiger partial charge >= 0.3 is 0 Å². The number of thioether (sulfide) groups is 1. The third kappa shape index (κ3) is 2.89. The highest BCUT2D eigenvalue weighted by Crippen LogP contribution is 2.23. The summed E-state index contributed by atoms with van der Waals surface area (Å²) < 4.78 is 6.75. The van der Waals surface area contributed by atoms with E-state index in [1.165, 1.54) is 11.8 Å². The van der Waals surface area contributed by atoms with Crippen LogP contribution in [0.4, 0.5) is 5.82 Å². The number of carbonyl (C=O) groups excluding carboxylic acids is 1. The van der Waals surface area contributed by atoms with Crippen LogP contribution in [0.15, 0.2) is 40.1 Å². The molecule has 21 heavy (non-hydrogen) atoms. The minimum Gasteiger partial charge on any atom is -0.360 e. The summed E-state index contributed by atoms with van der Waals surface area (Å²) in [4.78, 5) is 12.1. The summed E-state index contributed by atoms with van der Waals surface area (Å²) in [6.45, 7) is 3.57. The number of aromatic nitrogens is 4. The van der Waals surface area contributed by atoms with Crippen LogP contribution in [-0.4, -0.2) is 30.9 Å². The highest BCUT2D eigenvalue weighted by atomic mass is 32.2. The van der Waals surface area contributed by atoms with Crippen LogP contribution in [0.2, 0.25) is 0 Å². The van der Waals surface area contributed by atoms with Gasteiger partial charge in [0.25, 0.3) is 0 Å². The molecule has 1 unspecified atom stereocenters. The van der Waals surface area contributed by atoms with Crippen molar-refractivity contribution in [2.45, 2.75) is 24.3 Å². The van der Waals surface area contributed by atoms with Gasteiger partial charge in [-0.15, -0.1) is 10.2 Å². The molecule has 0 saturated heterocycles. The Hall–Kier alpha value is -2.35. The number of anilines is 1. The van der Waals surface area contributed by atoms with Crippen LogP contribution in [0.5, 0.6) is 0 Å². The Morgan fingerprint density at radius 3 is 3.05 bits per heavy atom. The number of nitrogens with one attached hydrogen (secondary N) is 1. The summed E-state index contributed by atoms with van der Waals surface area (Å²) in [6, 6.07) is 7.31. The monoisotopic (exact) mass is 303 g/mol. The third-order valence-corrected chi connectivity index (χ3v) is 3.87. The smallest absolute Gasteiger partial charge is 0.238 e. The van der Waals surface area contributed by atoms with E-state index >= 15 is 0 Å². The Labute approximate surface area is 124 Å². The normalized spacial score (nSPS) is 12.5. The molecule has 8 heteroatoms. The fourth-order valence-electron chi connectivity index (χ4n) is 1.76. The largest absolute Gasteiger partial charge is 0.360 e. The van der Waals surface area contributed by atoms with Gasteiger partial charge in [-0.05, 0) is 26.0 Å². The number of fused-ring (bicyclic) bond motifs is 1. The standard InChI is InChI=1S/C13H13N5O2S/c1-8-7-10(17-20-8)14-12(19)9(2)21-13-16-15-11-5-3-4-6-18(11)13/h3-7,9H,1-2H3,(H,14,17,19). The fourth-order valence-corrected chi connectivity index (χ4v) is 2.60. The number of pyridine rings is 1. The molecule has 0 radical (unpaired) electrons. The summed E-state index contributed by atoms with van der Waals surface area (Å²) >= 11 is 1.33. The molecule has 0 aliphatic rings. The lowest BCUT2D eigenvalue weighted by Gasteiger charge is -2.08. The van der Waals surface area contributed by atoms with Gasteiger partial charge in [-0.25, -0.2) is 0 Å². The Bertz CT molecular complexity index is 782. The first-order chi connectivity index (χ1) is 10.1. The molecule has 3 aromatic heterocycles. The molecule has 0 fully saturated rings. The maximum Gasteiger partial charge on any atom is 0.238 e. The zero-order valence-electron chi connectivity index (χ0n) is 11.5. The van der Waals surface area contributed by atoms with E-state index in [1.807, 2.05) is 28.8 Å². The fraction of sp³-hybridized carbons (Fsp3) is 0.231. The van der Waals surface area contributed by atoms with E-state index in [0.717, 1.165) is 5.65 Å². The summed E-state index contributed by atoms with van der Waals surface area (Å²) in [5.41, 5.74) is 0.750. The number of amides is 1. The van der Waals surface area contributed by atoms with Crippen molar-refractivity contribution in [3.05, 3.63) is 36.2 Å². The lowest BCUT2D eigenvalue weighted by Crippen LogP contribution is -2.22. The quantitative estimate of drug-likeness (QED) is 0.743. The lowest BCUT2D eigenvalue weighted by atomic mass is 10.4. The van der Waals surface area contributed by atoms with Crippen molar-refractivity contribution in [3.63, 3.8) is 0 Å². The van der Waals surface area contributed by atoms with Gasteiger partial charge in [0.1, 0.15) is 5.76 Å². The first kappa shape index (κ1) is 13.6.